The highest BCUT2D eigenvalue weighted by Crippen LogP contribution is 2.24. The van der Waals surface area contributed by atoms with E-state index in [9.17, 15) is 13.2 Å². The number of halogens is 1. The second-order valence-electron chi connectivity index (χ2n) is 8.67. The van der Waals surface area contributed by atoms with E-state index in [2.05, 4.69) is 29.3 Å². The molecule has 1 unspecified atom stereocenters. The van der Waals surface area contributed by atoms with Crippen molar-refractivity contribution in [2.45, 2.75) is 18.6 Å². The van der Waals surface area contributed by atoms with Crippen molar-refractivity contribution in [3.63, 3.8) is 0 Å². The molecule has 2 aliphatic rings. The van der Waals surface area contributed by atoms with Gasteiger partial charge >= 0.3 is 0 Å². The van der Waals surface area contributed by atoms with Crippen LogP contribution in [-0.2, 0) is 20.6 Å². The first-order chi connectivity index (χ1) is 15.9. The molecule has 0 bridgehead atoms. The Bertz CT molecular complexity index is 1070. The minimum absolute atomic E-state index is 0.0719. The van der Waals surface area contributed by atoms with Crippen molar-refractivity contribution >= 4 is 33.6 Å². The average molecular weight is 488 g/mol. The number of piperazine rings is 1. The standard InChI is InChI=1S/C25H30ClN3O3S/c26-24-10-8-22(9-11-24)20-33(31,32)29-13-4-7-23(19-29)25(30)28-17-15-27(16-18-28)14-12-21-5-2-1-3-6-21/h1-3,5-6,8-12,14,23H,4,7,13,15-20H2/b14-12+. The summed E-state index contributed by atoms with van der Waals surface area (Å²) in [4.78, 5) is 17.3. The van der Waals surface area contributed by atoms with Gasteiger partial charge < -0.3 is 9.80 Å². The van der Waals surface area contributed by atoms with Gasteiger partial charge in [-0.05, 0) is 48.4 Å². The zero-order valence-corrected chi connectivity index (χ0v) is 20.2. The van der Waals surface area contributed by atoms with Crippen LogP contribution in [0, 0.1) is 5.92 Å². The van der Waals surface area contributed by atoms with E-state index in [0.717, 1.165) is 25.1 Å². The van der Waals surface area contributed by atoms with Crippen molar-refractivity contribution in [1.29, 1.82) is 0 Å². The zero-order chi connectivity index (χ0) is 23.3. The smallest absolute Gasteiger partial charge is 0.227 e. The van der Waals surface area contributed by atoms with Gasteiger partial charge in [0, 0.05) is 44.3 Å². The average Bonchev–Trinajstić information content (AvgIpc) is 2.85. The maximum absolute atomic E-state index is 13.2. The molecule has 0 radical (unpaired) electrons. The molecule has 2 aromatic carbocycles. The third kappa shape index (κ3) is 6.37. The fourth-order valence-corrected chi connectivity index (χ4v) is 6.12. The van der Waals surface area contributed by atoms with Crippen LogP contribution >= 0.6 is 11.6 Å². The number of rotatable bonds is 6. The molecular weight excluding hydrogens is 458 g/mol. The minimum atomic E-state index is -3.49. The minimum Gasteiger partial charge on any atom is -0.374 e. The molecule has 0 spiro atoms. The summed E-state index contributed by atoms with van der Waals surface area (Å²) in [5.74, 6) is -0.268. The van der Waals surface area contributed by atoms with Crippen LogP contribution in [0.5, 0.6) is 0 Å². The summed E-state index contributed by atoms with van der Waals surface area (Å²) in [5, 5.41) is 0.579. The highest BCUT2D eigenvalue weighted by Gasteiger charge is 2.35. The largest absolute Gasteiger partial charge is 0.374 e. The summed E-state index contributed by atoms with van der Waals surface area (Å²) in [7, 11) is -3.49. The van der Waals surface area contributed by atoms with Gasteiger partial charge in [0.15, 0.2) is 0 Å². The summed E-state index contributed by atoms with van der Waals surface area (Å²) < 4.78 is 27.4. The molecule has 2 aromatic rings. The van der Waals surface area contributed by atoms with Crippen LogP contribution in [0.25, 0.3) is 6.08 Å². The molecule has 2 fully saturated rings. The van der Waals surface area contributed by atoms with Crippen molar-refractivity contribution in [3.05, 3.63) is 76.9 Å². The Balaban J connectivity index is 1.30. The molecule has 2 aliphatic heterocycles. The molecule has 0 aromatic heterocycles. The highest BCUT2D eigenvalue weighted by molar-refractivity contribution is 7.88. The number of benzene rings is 2. The van der Waals surface area contributed by atoms with Gasteiger partial charge in [-0.1, -0.05) is 54.1 Å². The van der Waals surface area contributed by atoms with Crippen LogP contribution in [0.2, 0.25) is 5.02 Å². The lowest BCUT2D eigenvalue weighted by atomic mass is 9.98. The van der Waals surface area contributed by atoms with Gasteiger partial charge in [-0.15, -0.1) is 0 Å². The van der Waals surface area contributed by atoms with Gasteiger partial charge in [0.1, 0.15) is 0 Å². The van der Waals surface area contributed by atoms with Crippen LogP contribution in [0.15, 0.2) is 60.8 Å². The predicted octanol–water partition coefficient (Wildman–Crippen LogP) is 3.70. The van der Waals surface area contributed by atoms with Crippen molar-refractivity contribution in [2.24, 2.45) is 5.92 Å². The molecule has 2 saturated heterocycles. The maximum atomic E-state index is 13.2. The van der Waals surface area contributed by atoms with Crippen LogP contribution in [-0.4, -0.2) is 67.7 Å². The van der Waals surface area contributed by atoms with E-state index in [1.54, 1.807) is 24.3 Å². The second kappa shape index (κ2) is 10.7. The van der Waals surface area contributed by atoms with Gasteiger partial charge in [-0.3, -0.25) is 4.79 Å². The topological polar surface area (TPSA) is 60.9 Å². The molecule has 8 heteroatoms. The quantitative estimate of drug-likeness (QED) is 0.623. The molecule has 6 nitrogen and oxygen atoms in total. The summed E-state index contributed by atoms with van der Waals surface area (Å²) in [5.41, 5.74) is 1.85. The van der Waals surface area contributed by atoms with Gasteiger partial charge in [-0.25, -0.2) is 12.7 Å². The molecule has 0 N–H and O–H groups in total. The summed E-state index contributed by atoms with van der Waals surface area (Å²) in [6.45, 7) is 3.61. The number of hydrogen-bond acceptors (Lipinski definition) is 4. The molecule has 1 amide bonds. The second-order valence-corrected chi connectivity index (χ2v) is 11.1. The first-order valence-electron chi connectivity index (χ1n) is 11.4. The van der Waals surface area contributed by atoms with Gasteiger partial charge in [0.25, 0.3) is 0 Å². The third-order valence-electron chi connectivity index (χ3n) is 6.29. The monoisotopic (exact) mass is 487 g/mol. The van der Waals surface area contributed by atoms with Gasteiger partial charge in [0.05, 0.1) is 11.7 Å². The fraction of sp³-hybridized carbons (Fsp3) is 0.400. The van der Waals surface area contributed by atoms with E-state index in [-0.39, 0.29) is 24.1 Å². The van der Waals surface area contributed by atoms with E-state index in [1.807, 2.05) is 23.1 Å². The van der Waals surface area contributed by atoms with Crippen LogP contribution in [0.3, 0.4) is 0 Å². The Morgan fingerprint density at radius 3 is 2.36 bits per heavy atom. The van der Waals surface area contributed by atoms with Crippen LogP contribution in [0.1, 0.15) is 24.0 Å². The summed E-state index contributed by atoms with van der Waals surface area (Å²) >= 11 is 5.91. The van der Waals surface area contributed by atoms with E-state index in [0.29, 0.717) is 36.6 Å². The number of hydrogen-bond donors (Lipinski definition) is 0. The molecular formula is C25H30ClN3O3S. The van der Waals surface area contributed by atoms with Crippen molar-refractivity contribution in [2.75, 3.05) is 39.3 Å². The third-order valence-corrected chi connectivity index (χ3v) is 8.36. The van der Waals surface area contributed by atoms with Crippen LogP contribution < -0.4 is 0 Å². The number of nitrogens with zero attached hydrogens (tertiary/aromatic N) is 3. The first kappa shape index (κ1) is 23.8. The Morgan fingerprint density at radius 2 is 1.67 bits per heavy atom. The molecule has 0 saturated carbocycles. The number of carbonyl (C=O) groups is 1. The Hall–Kier alpha value is -2.35. The Labute approximate surface area is 201 Å². The van der Waals surface area contributed by atoms with E-state index >= 15 is 0 Å². The molecule has 33 heavy (non-hydrogen) atoms. The normalized spacial score (nSPS) is 20.3. The van der Waals surface area contributed by atoms with Gasteiger partial charge in [-0.2, -0.15) is 0 Å². The molecule has 0 aliphatic carbocycles. The van der Waals surface area contributed by atoms with E-state index in [1.165, 1.54) is 4.31 Å². The molecule has 176 valence electrons. The van der Waals surface area contributed by atoms with Crippen molar-refractivity contribution in [3.8, 4) is 0 Å². The lowest BCUT2D eigenvalue weighted by molar-refractivity contribution is -0.138. The molecule has 1 atom stereocenters. The SMILES string of the molecule is O=C(C1CCCN(S(=O)(=O)Cc2ccc(Cl)cc2)C1)N1CCN(/C=C/c2ccccc2)CC1. The molecule has 2 heterocycles. The number of carbonyl (C=O) groups excluding carboxylic acids is 1. The van der Waals surface area contributed by atoms with E-state index in [4.69, 9.17) is 11.6 Å². The van der Waals surface area contributed by atoms with Crippen molar-refractivity contribution in [1.82, 2.24) is 14.1 Å². The van der Waals surface area contributed by atoms with E-state index < -0.39 is 10.0 Å². The Morgan fingerprint density at radius 1 is 0.970 bits per heavy atom. The fourth-order valence-electron chi connectivity index (χ4n) is 4.38. The predicted molar refractivity (Wildman–Crippen MR) is 132 cm³/mol. The maximum Gasteiger partial charge on any atom is 0.227 e. The first-order valence-corrected chi connectivity index (χ1v) is 13.4. The lowest BCUT2D eigenvalue weighted by Gasteiger charge is -2.38. The molecule has 4 rings (SSSR count). The lowest BCUT2D eigenvalue weighted by Crippen LogP contribution is -2.52. The highest BCUT2D eigenvalue weighted by atomic mass is 35.5. The van der Waals surface area contributed by atoms with Gasteiger partial charge in [0.2, 0.25) is 15.9 Å². The number of sulfonamides is 1. The summed E-state index contributed by atoms with van der Waals surface area (Å²) in [6, 6.07) is 17.0. The van der Waals surface area contributed by atoms with Crippen LogP contribution in [0.4, 0.5) is 0 Å². The summed E-state index contributed by atoms with van der Waals surface area (Å²) in [6.07, 6.45) is 5.61. The number of piperidine rings is 1. The Kier molecular flexibility index (Phi) is 7.73. The zero-order valence-electron chi connectivity index (χ0n) is 18.6. The van der Waals surface area contributed by atoms with Crippen molar-refractivity contribution < 1.29 is 13.2 Å². The number of amides is 1.